The molecule has 5 nitrogen and oxygen atoms in total. The Labute approximate surface area is 171 Å². The summed E-state index contributed by atoms with van der Waals surface area (Å²) in [5.74, 6) is 6.34. The summed E-state index contributed by atoms with van der Waals surface area (Å²) in [7, 11) is 1.67. The monoisotopic (exact) mass is 390 g/mol. The number of benzene rings is 3. The smallest absolute Gasteiger partial charge is 0.325 e. The Hall–Kier alpha value is -3.15. The van der Waals surface area contributed by atoms with Crippen LogP contribution < -0.4 is 10.6 Å². The second kappa shape index (κ2) is 10.4. The Morgan fingerprint density at radius 3 is 1.93 bits per heavy atom. The molecule has 0 saturated carbocycles. The molecule has 0 aliphatic heterocycles. The molecular formula is C24H26N2O3. The minimum atomic E-state index is -0.560. The Kier molecular flexibility index (Phi) is 7.39. The van der Waals surface area contributed by atoms with Crippen LogP contribution in [0.4, 0.5) is 0 Å². The highest BCUT2D eigenvalue weighted by Crippen LogP contribution is 2.16. The van der Waals surface area contributed by atoms with Crippen LogP contribution in [0, 0.1) is 0 Å². The molecule has 0 spiro atoms. The van der Waals surface area contributed by atoms with Crippen molar-refractivity contribution in [2.24, 2.45) is 5.84 Å². The third-order valence-corrected chi connectivity index (χ3v) is 4.59. The Morgan fingerprint density at radius 1 is 0.828 bits per heavy atom. The number of nitrogens with two attached hydrogens (primary N) is 1. The summed E-state index contributed by atoms with van der Waals surface area (Å²) >= 11 is 0. The van der Waals surface area contributed by atoms with Crippen molar-refractivity contribution in [2.75, 3.05) is 7.05 Å². The molecule has 29 heavy (non-hydrogen) atoms. The summed E-state index contributed by atoms with van der Waals surface area (Å²) in [5, 5.41) is 1.40. The summed E-state index contributed by atoms with van der Waals surface area (Å²) in [6.07, 6.45) is 0.458. The van der Waals surface area contributed by atoms with Gasteiger partial charge in [-0.05, 0) is 35.2 Å². The summed E-state index contributed by atoms with van der Waals surface area (Å²) < 4.78 is 11.3. The lowest BCUT2D eigenvalue weighted by molar-refractivity contribution is -0.151. The Bertz CT molecular complexity index is 881. The van der Waals surface area contributed by atoms with Gasteiger partial charge in [-0.25, -0.2) is 5.01 Å². The highest BCUT2D eigenvalue weighted by Gasteiger charge is 2.23. The molecule has 1 atom stereocenters. The first-order valence-electron chi connectivity index (χ1n) is 9.55. The zero-order valence-corrected chi connectivity index (χ0v) is 16.5. The number of hydrogen-bond acceptors (Lipinski definition) is 5. The van der Waals surface area contributed by atoms with E-state index in [-0.39, 0.29) is 12.6 Å². The highest BCUT2D eigenvalue weighted by atomic mass is 16.5. The van der Waals surface area contributed by atoms with Crippen LogP contribution in [-0.2, 0) is 29.2 Å². The fourth-order valence-corrected chi connectivity index (χ4v) is 2.90. The number of ether oxygens (including phenoxy) is 2. The molecule has 3 aromatic rings. The quantitative estimate of drug-likeness (QED) is 0.343. The summed E-state index contributed by atoms with van der Waals surface area (Å²) in [6.45, 7) is 0.746. The number of hydrazine groups is 1. The maximum atomic E-state index is 12.5. The van der Waals surface area contributed by atoms with Crippen molar-refractivity contribution in [2.45, 2.75) is 25.7 Å². The third kappa shape index (κ3) is 6.45. The average molecular weight is 390 g/mol. The number of hydrogen-bond donors (Lipinski definition) is 1. The molecule has 0 aliphatic carbocycles. The Balaban J connectivity index is 1.54. The minimum Gasteiger partial charge on any atom is -0.489 e. The number of carbonyl (C=O) groups excluding carboxylic acids is 1. The largest absolute Gasteiger partial charge is 0.489 e. The van der Waals surface area contributed by atoms with Gasteiger partial charge in [0, 0.05) is 7.05 Å². The lowest BCUT2D eigenvalue weighted by Gasteiger charge is -2.22. The van der Waals surface area contributed by atoms with Gasteiger partial charge < -0.3 is 9.47 Å². The van der Waals surface area contributed by atoms with Crippen LogP contribution in [0.25, 0.3) is 0 Å². The van der Waals surface area contributed by atoms with Crippen molar-refractivity contribution in [3.05, 3.63) is 102 Å². The molecule has 0 amide bonds. The number of likely N-dealkylation sites (N-methyl/N-ethyl adjacent to an activating group) is 1. The van der Waals surface area contributed by atoms with Crippen molar-refractivity contribution in [3.8, 4) is 5.75 Å². The molecule has 5 heteroatoms. The first kappa shape index (κ1) is 20.6. The van der Waals surface area contributed by atoms with E-state index < -0.39 is 6.04 Å². The van der Waals surface area contributed by atoms with Gasteiger partial charge in [0.1, 0.15) is 25.0 Å². The van der Waals surface area contributed by atoms with Crippen LogP contribution in [0.1, 0.15) is 16.7 Å². The molecule has 2 N–H and O–H groups in total. The molecule has 0 aromatic heterocycles. The van der Waals surface area contributed by atoms with Gasteiger partial charge in [-0.3, -0.25) is 10.6 Å². The van der Waals surface area contributed by atoms with E-state index in [9.17, 15) is 4.79 Å². The maximum Gasteiger partial charge on any atom is 0.325 e. The number of carbonyl (C=O) groups is 1. The predicted molar refractivity (Wildman–Crippen MR) is 113 cm³/mol. The van der Waals surface area contributed by atoms with Crippen molar-refractivity contribution in [3.63, 3.8) is 0 Å². The first-order chi connectivity index (χ1) is 14.1. The maximum absolute atomic E-state index is 12.5. The lowest BCUT2D eigenvalue weighted by Crippen LogP contribution is -2.45. The lowest BCUT2D eigenvalue weighted by atomic mass is 10.1. The molecule has 0 heterocycles. The van der Waals surface area contributed by atoms with Gasteiger partial charge in [0.2, 0.25) is 0 Å². The molecule has 1 unspecified atom stereocenters. The zero-order chi connectivity index (χ0) is 20.5. The SMILES string of the molecule is CN(N)C(Cc1ccc(OCc2ccccc2)cc1)C(=O)OCc1ccccc1. The van der Waals surface area contributed by atoms with Gasteiger partial charge in [0.25, 0.3) is 0 Å². The van der Waals surface area contributed by atoms with E-state index >= 15 is 0 Å². The summed E-state index contributed by atoms with van der Waals surface area (Å²) in [4.78, 5) is 12.5. The van der Waals surface area contributed by atoms with Crippen LogP contribution in [-0.4, -0.2) is 24.1 Å². The topological polar surface area (TPSA) is 64.8 Å². The van der Waals surface area contributed by atoms with Crippen LogP contribution in [0.2, 0.25) is 0 Å². The van der Waals surface area contributed by atoms with Crippen LogP contribution >= 0.6 is 0 Å². The zero-order valence-electron chi connectivity index (χ0n) is 16.5. The van der Waals surface area contributed by atoms with Gasteiger partial charge in [-0.15, -0.1) is 0 Å². The number of esters is 1. The van der Waals surface area contributed by atoms with E-state index in [1.807, 2.05) is 84.9 Å². The molecule has 0 radical (unpaired) electrons. The van der Waals surface area contributed by atoms with Crippen molar-refractivity contribution < 1.29 is 14.3 Å². The molecule has 0 aliphatic rings. The van der Waals surface area contributed by atoms with Gasteiger partial charge in [0.15, 0.2) is 0 Å². The van der Waals surface area contributed by atoms with E-state index in [2.05, 4.69) is 0 Å². The van der Waals surface area contributed by atoms with E-state index in [0.717, 1.165) is 22.4 Å². The molecule has 150 valence electrons. The summed E-state index contributed by atoms with van der Waals surface area (Å²) in [6, 6.07) is 26.7. The minimum absolute atomic E-state index is 0.232. The van der Waals surface area contributed by atoms with Crippen LogP contribution in [0.3, 0.4) is 0 Å². The molecule has 3 rings (SSSR count). The second-order valence-electron chi connectivity index (χ2n) is 6.90. The standard InChI is InChI=1S/C24H26N2O3/c1-26(25)23(24(27)29-18-21-10-6-3-7-11-21)16-19-12-14-22(15-13-19)28-17-20-8-4-2-5-9-20/h2-15,23H,16-18,25H2,1H3. The van der Waals surface area contributed by atoms with Crippen molar-refractivity contribution in [1.82, 2.24) is 5.01 Å². The van der Waals surface area contributed by atoms with Crippen molar-refractivity contribution >= 4 is 5.97 Å². The molecule has 0 saturated heterocycles. The second-order valence-corrected chi connectivity index (χ2v) is 6.90. The molecule has 3 aromatic carbocycles. The van der Waals surface area contributed by atoms with E-state index in [4.69, 9.17) is 15.3 Å². The molecule has 0 fully saturated rings. The van der Waals surface area contributed by atoms with E-state index in [1.54, 1.807) is 7.05 Å². The van der Waals surface area contributed by atoms with Gasteiger partial charge >= 0.3 is 5.97 Å². The molecular weight excluding hydrogens is 364 g/mol. The highest BCUT2D eigenvalue weighted by molar-refractivity contribution is 5.76. The van der Waals surface area contributed by atoms with Gasteiger partial charge in [-0.1, -0.05) is 72.8 Å². The third-order valence-electron chi connectivity index (χ3n) is 4.59. The van der Waals surface area contributed by atoms with Crippen LogP contribution in [0.15, 0.2) is 84.9 Å². The van der Waals surface area contributed by atoms with E-state index in [1.165, 1.54) is 5.01 Å². The van der Waals surface area contributed by atoms with E-state index in [0.29, 0.717) is 13.0 Å². The Morgan fingerprint density at radius 2 is 1.38 bits per heavy atom. The van der Waals surface area contributed by atoms with Crippen LogP contribution in [0.5, 0.6) is 5.75 Å². The van der Waals surface area contributed by atoms with Gasteiger partial charge in [0.05, 0.1) is 0 Å². The normalized spacial score (nSPS) is 11.8. The number of rotatable bonds is 9. The predicted octanol–water partition coefficient (Wildman–Crippen LogP) is 3.73. The fourth-order valence-electron chi connectivity index (χ4n) is 2.90. The average Bonchev–Trinajstić information content (AvgIpc) is 2.76. The molecule has 0 bridgehead atoms. The first-order valence-corrected chi connectivity index (χ1v) is 9.55. The van der Waals surface area contributed by atoms with Crippen molar-refractivity contribution in [1.29, 1.82) is 0 Å². The van der Waals surface area contributed by atoms with Gasteiger partial charge in [-0.2, -0.15) is 0 Å². The number of nitrogens with zero attached hydrogens (tertiary/aromatic N) is 1. The fraction of sp³-hybridized carbons (Fsp3) is 0.208. The summed E-state index contributed by atoms with van der Waals surface area (Å²) in [5.41, 5.74) is 3.04.